The van der Waals surface area contributed by atoms with E-state index in [1.807, 2.05) is 44.2 Å². The Morgan fingerprint density at radius 1 is 1.27 bits per heavy atom. The average molecular weight is 428 g/mol. The lowest BCUT2D eigenvalue weighted by molar-refractivity contribution is -0.384. The number of aromatic nitrogens is 4. The Bertz CT molecular complexity index is 1040. The molecule has 0 bridgehead atoms. The lowest BCUT2D eigenvalue weighted by atomic mass is 10.1. The molecule has 0 aliphatic carbocycles. The summed E-state index contributed by atoms with van der Waals surface area (Å²) in [5.74, 6) is -0.294. The van der Waals surface area contributed by atoms with Crippen molar-refractivity contribution in [3.63, 3.8) is 0 Å². The van der Waals surface area contributed by atoms with E-state index < -0.39 is 4.92 Å². The topological polar surface area (TPSA) is 127 Å². The molecule has 2 aromatic carbocycles. The summed E-state index contributed by atoms with van der Waals surface area (Å²) in [6, 6.07) is 13.1. The summed E-state index contributed by atoms with van der Waals surface area (Å²) in [5, 5.41) is 33.1. The van der Waals surface area contributed by atoms with Crippen LogP contribution < -0.4 is 0 Å². The molecule has 0 saturated carbocycles. The molecule has 0 radical (unpaired) electrons. The van der Waals surface area contributed by atoms with Crippen LogP contribution in [0.1, 0.15) is 19.4 Å². The van der Waals surface area contributed by atoms with Gasteiger partial charge in [0.25, 0.3) is 5.69 Å². The summed E-state index contributed by atoms with van der Waals surface area (Å²) in [6.07, 6.45) is 0. The first-order valence-corrected chi connectivity index (χ1v) is 10.1. The summed E-state index contributed by atoms with van der Waals surface area (Å²) in [6.45, 7) is 3.85. The number of nitro benzene ring substituents is 1. The van der Waals surface area contributed by atoms with Gasteiger partial charge in [-0.1, -0.05) is 30.0 Å². The number of nitro groups is 1. The smallest absolute Gasteiger partial charge is 0.273 e. The standard InChI is InChI=1S/C19H20N6O4S/c1-13(2)23(11-14-8-9-16(25(28)29)10-17(14)26)18(27)12-30-19-20-21-22-24(19)15-6-4-3-5-7-15/h3-10,13,26H,11-12H2,1-2H3. The largest absolute Gasteiger partial charge is 0.507 e. The van der Waals surface area contributed by atoms with E-state index >= 15 is 0 Å². The Morgan fingerprint density at radius 2 is 2.00 bits per heavy atom. The second-order valence-corrected chi connectivity index (χ2v) is 7.63. The predicted molar refractivity (Wildman–Crippen MR) is 110 cm³/mol. The molecule has 1 aromatic heterocycles. The van der Waals surface area contributed by atoms with Crippen LogP contribution in [0, 0.1) is 10.1 Å². The number of tetrazole rings is 1. The highest BCUT2D eigenvalue weighted by atomic mass is 32.2. The molecule has 0 aliphatic rings. The molecule has 1 N–H and O–H groups in total. The van der Waals surface area contributed by atoms with E-state index in [4.69, 9.17) is 0 Å². The summed E-state index contributed by atoms with van der Waals surface area (Å²) in [5.41, 5.74) is 1.01. The maximum Gasteiger partial charge on any atom is 0.273 e. The third kappa shape index (κ3) is 4.92. The van der Waals surface area contributed by atoms with Crippen LogP contribution in [0.3, 0.4) is 0 Å². The first kappa shape index (κ1) is 21.2. The van der Waals surface area contributed by atoms with E-state index in [0.29, 0.717) is 10.7 Å². The van der Waals surface area contributed by atoms with Gasteiger partial charge in [0.05, 0.1) is 22.4 Å². The molecule has 1 amide bonds. The van der Waals surface area contributed by atoms with E-state index in [0.717, 1.165) is 11.8 Å². The van der Waals surface area contributed by atoms with Gasteiger partial charge in [-0.05, 0) is 42.5 Å². The Labute approximate surface area is 176 Å². The van der Waals surface area contributed by atoms with Gasteiger partial charge in [-0.3, -0.25) is 14.9 Å². The summed E-state index contributed by atoms with van der Waals surface area (Å²) in [4.78, 5) is 24.7. The van der Waals surface area contributed by atoms with Gasteiger partial charge in [0, 0.05) is 24.2 Å². The molecular weight excluding hydrogens is 408 g/mol. The molecule has 0 saturated heterocycles. The van der Waals surface area contributed by atoms with Gasteiger partial charge in [-0.25, -0.2) is 0 Å². The highest BCUT2D eigenvalue weighted by Crippen LogP contribution is 2.26. The lowest BCUT2D eigenvalue weighted by Crippen LogP contribution is -2.37. The number of para-hydroxylation sites is 1. The number of thioether (sulfide) groups is 1. The number of rotatable bonds is 8. The van der Waals surface area contributed by atoms with Crippen molar-refractivity contribution in [2.24, 2.45) is 0 Å². The van der Waals surface area contributed by atoms with Crippen LogP contribution >= 0.6 is 11.8 Å². The average Bonchev–Trinajstić information content (AvgIpc) is 3.20. The number of benzene rings is 2. The fraction of sp³-hybridized carbons (Fsp3) is 0.263. The Kier molecular flexibility index (Phi) is 6.62. The molecule has 30 heavy (non-hydrogen) atoms. The second kappa shape index (κ2) is 9.35. The third-order valence-electron chi connectivity index (χ3n) is 4.33. The van der Waals surface area contributed by atoms with Crippen LogP contribution in [0.15, 0.2) is 53.7 Å². The van der Waals surface area contributed by atoms with Gasteiger partial charge in [0.2, 0.25) is 11.1 Å². The lowest BCUT2D eigenvalue weighted by Gasteiger charge is -2.27. The van der Waals surface area contributed by atoms with Crippen molar-refractivity contribution in [3.05, 3.63) is 64.2 Å². The monoisotopic (exact) mass is 428 g/mol. The van der Waals surface area contributed by atoms with Crippen LogP contribution in [0.25, 0.3) is 5.69 Å². The molecule has 1 heterocycles. The number of hydrogen-bond donors (Lipinski definition) is 1. The maximum absolute atomic E-state index is 12.9. The van der Waals surface area contributed by atoms with E-state index in [1.165, 1.54) is 23.9 Å². The number of nitrogens with zero attached hydrogens (tertiary/aromatic N) is 6. The number of phenols is 1. The molecule has 0 atom stereocenters. The van der Waals surface area contributed by atoms with Gasteiger partial charge in [0.15, 0.2) is 0 Å². The molecule has 0 aliphatic heterocycles. The minimum atomic E-state index is -0.581. The Balaban J connectivity index is 1.70. The van der Waals surface area contributed by atoms with E-state index in [-0.39, 0.29) is 35.7 Å². The van der Waals surface area contributed by atoms with Crippen LogP contribution in [-0.4, -0.2) is 52.8 Å². The molecule has 0 fully saturated rings. The van der Waals surface area contributed by atoms with Gasteiger partial charge in [-0.15, -0.1) is 5.10 Å². The summed E-state index contributed by atoms with van der Waals surface area (Å²) >= 11 is 1.21. The minimum Gasteiger partial charge on any atom is -0.507 e. The molecule has 156 valence electrons. The van der Waals surface area contributed by atoms with Gasteiger partial charge in [0.1, 0.15) is 5.75 Å². The SMILES string of the molecule is CC(C)N(Cc1ccc([N+](=O)[O-])cc1O)C(=O)CSc1nnnn1-c1ccccc1. The summed E-state index contributed by atoms with van der Waals surface area (Å²) < 4.78 is 1.56. The highest BCUT2D eigenvalue weighted by Gasteiger charge is 2.21. The van der Waals surface area contributed by atoms with Crippen molar-refractivity contribution in [2.45, 2.75) is 31.6 Å². The summed E-state index contributed by atoms with van der Waals surface area (Å²) in [7, 11) is 0. The quantitative estimate of drug-likeness (QED) is 0.330. The molecule has 3 aromatic rings. The van der Waals surface area contributed by atoms with Crippen molar-refractivity contribution in [3.8, 4) is 11.4 Å². The van der Waals surface area contributed by atoms with Crippen molar-refractivity contribution >= 4 is 23.4 Å². The van der Waals surface area contributed by atoms with Gasteiger partial charge < -0.3 is 10.0 Å². The molecule has 10 nitrogen and oxygen atoms in total. The van der Waals surface area contributed by atoms with E-state index in [2.05, 4.69) is 15.5 Å². The number of phenolic OH excluding ortho intramolecular Hbond substituents is 1. The molecule has 0 spiro atoms. The zero-order valence-corrected chi connectivity index (χ0v) is 17.2. The number of hydrogen-bond acceptors (Lipinski definition) is 8. The normalized spacial score (nSPS) is 10.9. The van der Waals surface area contributed by atoms with Crippen LogP contribution in [0.2, 0.25) is 0 Å². The molecule has 11 heteroatoms. The molecule has 0 unspecified atom stereocenters. The van der Waals surface area contributed by atoms with Crippen molar-refractivity contribution in [1.29, 1.82) is 0 Å². The molecular formula is C19H20N6O4S. The number of non-ortho nitro benzene ring substituents is 1. The van der Waals surface area contributed by atoms with E-state index in [9.17, 15) is 20.0 Å². The maximum atomic E-state index is 12.9. The fourth-order valence-corrected chi connectivity index (χ4v) is 3.53. The van der Waals surface area contributed by atoms with E-state index in [1.54, 1.807) is 9.58 Å². The van der Waals surface area contributed by atoms with Crippen molar-refractivity contribution < 1.29 is 14.8 Å². The van der Waals surface area contributed by atoms with Crippen LogP contribution in [0.5, 0.6) is 5.75 Å². The second-order valence-electron chi connectivity index (χ2n) is 6.68. The first-order valence-electron chi connectivity index (χ1n) is 9.09. The molecule has 3 rings (SSSR count). The first-order chi connectivity index (χ1) is 14.4. The number of carbonyl (C=O) groups excluding carboxylic acids is 1. The van der Waals surface area contributed by atoms with Crippen molar-refractivity contribution in [1.82, 2.24) is 25.1 Å². The highest BCUT2D eigenvalue weighted by molar-refractivity contribution is 7.99. The fourth-order valence-electron chi connectivity index (χ4n) is 2.75. The third-order valence-corrected chi connectivity index (χ3v) is 5.23. The Morgan fingerprint density at radius 3 is 2.63 bits per heavy atom. The van der Waals surface area contributed by atoms with Crippen molar-refractivity contribution in [2.75, 3.05) is 5.75 Å². The number of aromatic hydroxyl groups is 1. The zero-order valence-electron chi connectivity index (χ0n) is 16.4. The zero-order chi connectivity index (χ0) is 21.7. The predicted octanol–water partition coefficient (Wildman–Crippen LogP) is 2.81. The van der Waals surface area contributed by atoms with Gasteiger partial charge in [-0.2, -0.15) is 4.68 Å². The number of carbonyl (C=O) groups is 1. The van der Waals surface area contributed by atoms with Crippen LogP contribution in [0.4, 0.5) is 5.69 Å². The Hall–Kier alpha value is -3.47. The van der Waals surface area contributed by atoms with Gasteiger partial charge >= 0.3 is 0 Å². The minimum absolute atomic E-state index is 0.0964. The number of amides is 1. The van der Waals surface area contributed by atoms with Crippen LogP contribution in [-0.2, 0) is 11.3 Å².